The zero-order valence-corrected chi connectivity index (χ0v) is 9.07. The lowest BCUT2D eigenvalue weighted by atomic mass is 10.1. The second kappa shape index (κ2) is 3.84. The molecule has 0 aliphatic rings. The van der Waals surface area contributed by atoms with Gasteiger partial charge in [0.2, 0.25) is 0 Å². The molecular weight excluding hydrogens is 208 g/mol. The minimum atomic E-state index is -0.928. The van der Waals surface area contributed by atoms with Crippen LogP contribution in [0.2, 0.25) is 0 Å². The quantitative estimate of drug-likeness (QED) is 0.828. The summed E-state index contributed by atoms with van der Waals surface area (Å²) in [7, 11) is 0. The van der Waals surface area contributed by atoms with E-state index in [1.165, 1.54) is 0 Å². The van der Waals surface area contributed by atoms with Gasteiger partial charge < -0.3 is 14.6 Å². The Morgan fingerprint density at radius 1 is 1.56 bits per heavy atom. The summed E-state index contributed by atoms with van der Waals surface area (Å²) in [5.74, 6) is -0.202. The second-order valence-corrected chi connectivity index (χ2v) is 3.65. The number of H-pyrrole nitrogens is 1. The van der Waals surface area contributed by atoms with Crippen molar-refractivity contribution in [3.63, 3.8) is 0 Å². The number of nitrogens with zero attached hydrogens (tertiary/aromatic N) is 1. The van der Waals surface area contributed by atoms with Gasteiger partial charge in [-0.05, 0) is 19.9 Å². The zero-order valence-electron chi connectivity index (χ0n) is 9.07. The van der Waals surface area contributed by atoms with Crippen LogP contribution in [0.4, 0.5) is 0 Å². The lowest BCUT2D eigenvalue weighted by Gasteiger charge is -2.00. The highest BCUT2D eigenvalue weighted by atomic mass is 16.5. The number of carbonyl (C=O) groups is 1. The maximum absolute atomic E-state index is 10.9. The van der Waals surface area contributed by atoms with Gasteiger partial charge in [-0.1, -0.05) is 5.16 Å². The van der Waals surface area contributed by atoms with Gasteiger partial charge in [0.05, 0.1) is 11.3 Å². The molecule has 2 heterocycles. The molecule has 2 N–H and O–H groups in total. The maximum Gasteiger partial charge on any atom is 0.337 e. The van der Waals surface area contributed by atoms with Crippen molar-refractivity contribution in [3.8, 4) is 0 Å². The van der Waals surface area contributed by atoms with Crippen LogP contribution in [-0.2, 0) is 6.42 Å². The van der Waals surface area contributed by atoms with E-state index in [4.69, 9.17) is 9.63 Å². The highest BCUT2D eigenvalue weighted by Gasteiger charge is 2.15. The van der Waals surface area contributed by atoms with Crippen LogP contribution in [0.25, 0.3) is 0 Å². The van der Waals surface area contributed by atoms with Crippen molar-refractivity contribution in [2.75, 3.05) is 0 Å². The lowest BCUT2D eigenvalue weighted by Crippen LogP contribution is -2.01. The topological polar surface area (TPSA) is 79.1 Å². The fraction of sp³-hybridized carbons (Fsp3) is 0.273. The summed E-state index contributed by atoms with van der Waals surface area (Å²) in [6, 6.07) is 1.55. The molecule has 5 heteroatoms. The summed E-state index contributed by atoms with van der Waals surface area (Å²) < 4.78 is 5.03. The summed E-state index contributed by atoms with van der Waals surface area (Å²) in [4.78, 5) is 13.9. The Hall–Kier alpha value is -2.04. The Bertz CT molecular complexity index is 506. The molecule has 0 aromatic carbocycles. The summed E-state index contributed by atoms with van der Waals surface area (Å²) in [5.41, 5.74) is 2.69. The van der Waals surface area contributed by atoms with Crippen molar-refractivity contribution in [2.24, 2.45) is 0 Å². The number of aromatic amines is 1. The van der Waals surface area contributed by atoms with Gasteiger partial charge in [-0.2, -0.15) is 0 Å². The van der Waals surface area contributed by atoms with Crippen LogP contribution in [0.1, 0.15) is 33.1 Å². The first kappa shape index (κ1) is 10.5. The predicted octanol–water partition coefficient (Wildman–Crippen LogP) is 1.91. The smallest absolute Gasteiger partial charge is 0.337 e. The molecule has 0 atom stereocenters. The van der Waals surface area contributed by atoms with E-state index >= 15 is 0 Å². The van der Waals surface area contributed by atoms with E-state index < -0.39 is 5.97 Å². The van der Waals surface area contributed by atoms with Crippen molar-refractivity contribution in [2.45, 2.75) is 20.3 Å². The van der Waals surface area contributed by atoms with Crippen LogP contribution >= 0.6 is 0 Å². The van der Waals surface area contributed by atoms with E-state index in [-0.39, 0.29) is 0 Å². The number of aromatic carboxylic acids is 1. The average Bonchev–Trinajstić information content (AvgIpc) is 2.80. The van der Waals surface area contributed by atoms with E-state index in [1.54, 1.807) is 12.3 Å². The van der Waals surface area contributed by atoms with E-state index in [0.717, 1.165) is 17.0 Å². The Labute approximate surface area is 92.1 Å². The predicted molar refractivity (Wildman–Crippen MR) is 56.5 cm³/mol. The maximum atomic E-state index is 10.9. The van der Waals surface area contributed by atoms with Crippen LogP contribution in [0, 0.1) is 13.8 Å². The SMILES string of the molecule is Cc1noc(C)c1Cc1[nH]ccc1C(=O)O. The molecule has 5 nitrogen and oxygen atoms in total. The molecule has 0 saturated heterocycles. The molecule has 84 valence electrons. The van der Waals surface area contributed by atoms with Crippen molar-refractivity contribution in [1.82, 2.24) is 10.1 Å². The monoisotopic (exact) mass is 220 g/mol. The van der Waals surface area contributed by atoms with Gasteiger partial charge in [-0.3, -0.25) is 0 Å². The normalized spacial score (nSPS) is 10.6. The molecule has 0 radical (unpaired) electrons. The van der Waals surface area contributed by atoms with Gasteiger partial charge in [0.1, 0.15) is 5.76 Å². The van der Waals surface area contributed by atoms with Crippen molar-refractivity contribution >= 4 is 5.97 Å². The molecule has 0 amide bonds. The number of hydrogen-bond donors (Lipinski definition) is 2. The summed E-state index contributed by atoms with van der Waals surface area (Å²) in [5, 5.41) is 12.8. The third-order valence-electron chi connectivity index (χ3n) is 2.60. The Morgan fingerprint density at radius 2 is 2.31 bits per heavy atom. The van der Waals surface area contributed by atoms with E-state index in [2.05, 4.69) is 10.1 Å². The van der Waals surface area contributed by atoms with E-state index in [0.29, 0.717) is 17.7 Å². The molecule has 2 aromatic heterocycles. The van der Waals surface area contributed by atoms with Crippen LogP contribution in [0.3, 0.4) is 0 Å². The number of carboxylic acid groups (broad SMARTS) is 1. The number of hydrogen-bond acceptors (Lipinski definition) is 3. The highest BCUT2D eigenvalue weighted by Crippen LogP contribution is 2.18. The van der Waals surface area contributed by atoms with Crippen LogP contribution in [0.5, 0.6) is 0 Å². The van der Waals surface area contributed by atoms with Crippen LogP contribution in [-0.4, -0.2) is 21.2 Å². The molecule has 0 fully saturated rings. The molecule has 0 spiro atoms. The fourth-order valence-corrected chi connectivity index (χ4v) is 1.68. The minimum absolute atomic E-state index is 0.292. The van der Waals surface area contributed by atoms with E-state index in [1.807, 2.05) is 13.8 Å². The first-order valence-electron chi connectivity index (χ1n) is 4.91. The zero-order chi connectivity index (χ0) is 11.7. The Kier molecular flexibility index (Phi) is 2.52. The summed E-state index contributed by atoms with van der Waals surface area (Å²) >= 11 is 0. The second-order valence-electron chi connectivity index (χ2n) is 3.65. The van der Waals surface area contributed by atoms with Gasteiger partial charge in [-0.15, -0.1) is 0 Å². The third-order valence-corrected chi connectivity index (χ3v) is 2.60. The lowest BCUT2D eigenvalue weighted by molar-refractivity contribution is 0.0696. The van der Waals surface area contributed by atoms with Crippen molar-refractivity contribution < 1.29 is 14.4 Å². The average molecular weight is 220 g/mol. The molecular formula is C11H12N2O3. The Morgan fingerprint density at radius 3 is 2.88 bits per heavy atom. The third kappa shape index (κ3) is 1.71. The molecule has 0 aliphatic carbocycles. The molecule has 0 bridgehead atoms. The summed E-state index contributed by atoms with van der Waals surface area (Å²) in [6.45, 7) is 3.66. The van der Waals surface area contributed by atoms with Crippen molar-refractivity contribution in [3.05, 3.63) is 40.5 Å². The number of rotatable bonds is 3. The standard InChI is InChI=1S/C11H12N2O3/c1-6-9(7(2)16-13-6)5-10-8(11(14)15)3-4-12-10/h3-4,12H,5H2,1-2H3,(H,14,15). The first-order valence-corrected chi connectivity index (χ1v) is 4.91. The number of aryl methyl sites for hydroxylation is 2. The van der Waals surface area contributed by atoms with Crippen molar-refractivity contribution in [1.29, 1.82) is 0 Å². The number of aromatic nitrogens is 2. The first-order chi connectivity index (χ1) is 7.59. The van der Waals surface area contributed by atoms with E-state index in [9.17, 15) is 4.79 Å². The fourth-order valence-electron chi connectivity index (χ4n) is 1.68. The van der Waals surface area contributed by atoms with Crippen LogP contribution in [0.15, 0.2) is 16.8 Å². The van der Waals surface area contributed by atoms with Gasteiger partial charge >= 0.3 is 5.97 Å². The molecule has 0 unspecified atom stereocenters. The van der Waals surface area contributed by atoms with Gasteiger partial charge in [-0.25, -0.2) is 4.79 Å². The highest BCUT2D eigenvalue weighted by molar-refractivity contribution is 5.89. The molecule has 2 aromatic rings. The molecule has 2 rings (SSSR count). The largest absolute Gasteiger partial charge is 0.478 e. The number of carboxylic acids is 1. The number of nitrogens with one attached hydrogen (secondary N) is 1. The van der Waals surface area contributed by atoms with Crippen LogP contribution < -0.4 is 0 Å². The van der Waals surface area contributed by atoms with Gasteiger partial charge in [0.15, 0.2) is 0 Å². The molecule has 0 aliphatic heterocycles. The summed E-state index contributed by atoms with van der Waals surface area (Å²) in [6.07, 6.45) is 2.12. The molecule has 0 saturated carbocycles. The molecule has 16 heavy (non-hydrogen) atoms. The van der Waals surface area contributed by atoms with Gasteiger partial charge in [0, 0.05) is 23.9 Å². The minimum Gasteiger partial charge on any atom is -0.478 e. The van der Waals surface area contributed by atoms with Gasteiger partial charge in [0.25, 0.3) is 0 Å². The Balaban J connectivity index is 2.34.